The zero-order valence-corrected chi connectivity index (χ0v) is 13.3. The van der Waals surface area contributed by atoms with Gasteiger partial charge in [0, 0.05) is 18.7 Å². The molecular weight excluding hydrogens is 363 g/mol. The van der Waals surface area contributed by atoms with Crippen molar-refractivity contribution in [1.29, 1.82) is 0 Å². The molecule has 0 aromatic heterocycles. The molecule has 5 nitrogen and oxygen atoms in total. The van der Waals surface area contributed by atoms with Crippen molar-refractivity contribution in [3.63, 3.8) is 0 Å². The smallest absolute Gasteiger partial charge is 0.269 e. The normalized spacial score (nSPS) is 12.5. The number of non-ortho nitro benzene ring substituents is 1. The van der Waals surface area contributed by atoms with E-state index in [2.05, 4.69) is 0 Å². The van der Waals surface area contributed by atoms with Gasteiger partial charge in [-0.15, -0.1) is 0 Å². The third-order valence-electron chi connectivity index (χ3n) is 3.83. The average molecular weight is 376 g/mol. The van der Waals surface area contributed by atoms with E-state index < -0.39 is 52.2 Å². The number of rotatable bonds is 6. The monoisotopic (exact) mass is 376 g/mol. The Balaban J connectivity index is 2.69. The summed E-state index contributed by atoms with van der Waals surface area (Å²) in [6, 6.07) is 2.92. The van der Waals surface area contributed by atoms with Crippen molar-refractivity contribution >= 4 is 5.69 Å². The van der Waals surface area contributed by atoms with Crippen molar-refractivity contribution in [3.05, 3.63) is 74.6 Å². The van der Waals surface area contributed by atoms with E-state index in [1.807, 2.05) is 0 Å². The Morgan fingerprint density at radius 2 is 1.46 bits per heavy atom. The number of aliphatic hydroxyl groups excluding tert-OH is 1. The first kappa shape index (κ1) is 19.7. The van der Waals surface area contributed by atoms with Gasteiger partial charge < -0.3 is 5.11 Å². The summed E-state index contributed by atoms with van der Waals surface area (Å²) < 4.78 is 68.9. The van der Waals surface area contributed by atoms with Crippen molar-refractivity contribution < 1.29 is 32.0 Å². The fourth-order valence-electron chi connectivity index (χ4n) is 2.57. The van der Waals surface area contributed by atoms with Crippen molar-refractivity contribution in [2.75, 3.05) is 20.2 Å². The summed E-state index contributed by atoms with van der Waals surface area (Å²) in [4.78, 5) is 11.2. The fourth-order valence-corrected chi connectivity index (χ4v) is 2.57. The van der Waals surface area contributed by atoms with Gasteiger partial charge in [-0.05, 0) is 12.6 Å². The zero-order valence-electron chi connectivity index (χ0n) is 13.3. The first-order valence-electron chi connectivity index (χ1n) is 7.27. The van der Waals surface area contributed by atoms with Gasteiger partial charge in [-0.2, -0.15) is 0 Å². The van der Waals surface area contributed by atoms with E-state index in [1.165, 1.54) is 11.9 Å². The highest BCUT2D eigenvalue weighted by Gasteiger charge is 2.33. The molecule has 0 spiro atoms. The van der Waals surface area contributed by atoms with Gasteiger partial charge >= 0.3 is 0 Å². The molecule has 140 valence electrons. The Morgan fingerprint density at radius 1 is 1.00 bits per heavy atom. The van der Waals surface area contributed by atoms with Gasteiger partial charge in [0.05, 0.1) is 23.1 Å². The van der Waals surface area contributed by atoms with E-state index in [9.17, 15) is 32.1 Å². The average Bonchev–Trinajstić information content (AvgIpc) is 2.62. The molecule has 0 radical (unpaired) electrons. The van der Waals surface area contributed by atoms with Crippen LogP contribution in [0.3, 0.4) is 0 Å². The molecule has 0 unspecified atom stereocenters. The maximum atomic E-state index is 14.2. The third-order valence-corrected chi connectivity index (χ3v) is 3.83. The molecule has 0 bridgehead atoms. The number of hydrogen-bond donors (Lipinski definition) is 1. The molecule has 0 aliphatic rings. The standard InChI is InChI=1S/C16H13F5N2O3/c1-22(6-7-24)16(8-2-4-9(5-3-8)23(25)26)10-11(17)13(19)15(21)14(20)12(10)18/h2-5,16,24H,6-7H2,1H3/t16-/m1/s1. The predicted octanol–water partition coefficient (Wildman–Crippen LogP) is 3.30. The van der Waals surface area contributed by atoms with Gasteiger partial charge in [0.1, 0.15) is 0 Å². The van der Waals surface area contributed by atoms with E-state index in [1.54, 1.807) is 0 Å². The molecule has 10 heteroatoms. The third kappa shape index (κ3) is 3.51. The topological polar surface area (TPSA) is 66.6 Å². The summed E-state index contributed by atoms with van der Waals surface area (Å²) >= 11 is 0. The molecule has 0 aliphatic heterocycles. The lowest BCUT2D eigenvalue weighted by Crippen LogP contribution is -2.30. The summed E-state index contributed by atoms with van der Waals surface area (Å²) in [5, 5.41) is 19.8. The Kier molecular flexibility index (Phi) is 5.88. The molecule has 1 N–H and O–H groups in total. The minimum Gasteiger partial charge on any atom is -0.395 e. The number of nitrogens with zero attached hydrogens (tertiary/aromatic N) is 2. The molecule has 2 rings (SSSR count). The number of benzene rings is 2. The Bertz CT molecular complexity index is 801. The van der Waals surface area contributed by atoms with Crippen LogP contribution in [0.15, 0.2) is 24.3 Å². The van der Waals surface area contributed by atoms with Crippen molar-refractivity contribution in [1.82, 2.24) is 4.90 Å². The lowest BCUT2D eigenvalue weighted by molar-refractivity contribution is -0.384. The molecule has 2 aromatic rings. The quantitative estimate of drug-likeness (QED) is 0.276. The van der Waals surface area contributed by atoms with Gasteiger partial charge in [0.25, 0.3) is 5.69 Å². The van der Waals surface area contributed by atoms with Crippen LogP contribution in [0, 0.1) is 39.2 Å². The van der Waals surface area contributed by atoms with E-state index >= 15 is 0 Å². The van der Waals surface area contributed by atoms with Crippen LogP contribution in [0.5, 0.6) is 0 Å². The number of likely N-dealkylation sites (N-methyl/N-ethyl adjacent to an activating group) is 1. The number of halogens is 5. The van der Waals surface area contributed by atoms with E-state index in [0.29, 0.717) is 0 Å². The molecule has 1 atom stereocenters. The highest BCUT2D eigenvalue weighted by atomic mass is 19.2. The summed E-state index contributed by atoms with van der Waals surface area (Å²) in [5.74, 6) is -10.5. The summed E-state index contributed by atoms with van der Waals surface area (Å²) in [6.45, 7) is -0.601. The first-order chi connectivity index (χ1) is 12.2. The Labute approximate surface area is 144 Å². The van der Waals surface area contributed by atoms with Crippen LogP contribution < -0.4 is 0 Å². The van der Waals surface area contributed by atoms with Crippen LogP contribution in [-0.2, 0) is 0 Å². The largest absolute Gasteiger partial charge is 0.395 e. The van der Waals surface area contributed by atoms with Crippen LogP contribution in [0.4, 0.5) is 27.6 Å². The van der Waals surface area contributed by atoms with Crippen LogP contribution >= 0.6 is 0 Å². The Hall–Kier alpha value is -2.59. The van der Waals surface area contributed by atoms with Crippen LogP contribution in [0.25, 0.3) is 0 Å². The second-order valence-electron chi connectivity index (χ2n) is 5.44. The summed E-state index contributed by atoms with van der Waals surface area (Å²) in [7, 11) is 1.31. The lowest BCUT2D eigenvalue weighted by atomic mass is 9.95. The van der Waals surface area contributed by atoms with Gasteiger partial charge in [-0.1, -0.05) is 12.1 Å². The van der Waals surface area contributed by atoms with Crippen LogP contribution in [-0.4, -0.2) is 35.1 Å². The first-order valence-corrected chi connectivity index (χ1v) is 7.27. The highest BCUT2D eigenvalue weighted by Crippen LogP contribution is 2.35. The summed E-state index contributed by atoms with van der Waals surface area (Å²) in [6.07, 6.45) is 0. The van der Waals surface area contributed by atoms with E-state index in [0.717, 1.165) is 24.3 Å². The molecule has 0 fully saturated rings. The second-order valence-corrected chi connectivity index (χ2v) is 5.44. The second kappa shape index (κ2) is 7.75. The number of nitro benzene ring substituents is 1. The van der Waals surface area contributed by atoms with E-state index in [4.69, 9.17) is 5.11 Å². The van der Waals surface area contributed by atoms with Crippen LogP contribution in [0.1, 0.15) is 17.2 Å². The van der Waals surface area contributed by atoms with Gasteiger partial charge in [0.2, 0.25) is 5.82 Å². The van der Waals surface area contributed by atoms with Crippen molar-refractivity contribution in [3.8, 4) is 0 Å². The van der Waals surface area contributed by atoms with Gasteiger partial charge in [0.15, 0.2) is 23.3 Å². The minimum atomic E-state index is -2.28. The molecule has 0 aliphatic carbocycles. The zero-order chi connectivity index (χ0) is 19.6. The highest BCUT2D eigenvalue weighted by molar-refractivity contribution is 5.40. The molecule has 0 heterocycles. The van der Waals surface area contributed by atoms with Crippen molar-refractivity contribution in [2.24, 2.45) is 0 Å². The van der Waals surface area contributed by atoms with Crippen molar-refractivity contribution in [2.45, 2.75) is 6.04 Å². The molecular formula is C16H13F5N2O3. The van der Waals surface area contributed by atoms with E-state index in [-0.39, 0.29) is 17.8 Å². The lowest BCUT2D eigenvalue weighted by Gasteiger charge is -2.29. The minimum absolute atomic E-state index is 0.0507. The SMILES string of the molecule is CN(CCO)[C@H](c1ccc([N+](=O)[O-])cc1)c1c(F)c(F)c(F)c(F)c1F. The fraction of sp³-hybridized carbons (Fsp3) is 0.250. The molecule has 0 amide bonds. The molecule has 0 saturated carbocycles. The maximum absolute atomic E-state index is 14.2. The molecule has 26 heavy (non-hydrogen) atoms. The predicted molar refractivity (Wildman–Crippen MR) is 80.9 cm³/mol. The number of hydrogen-bond acceptors (Lipinski definition) is 4. The summed E-state index contributed by atoms with van der Waals surface area (Å²) in [5.41, 5.74) is -1.37. The Morgan fingerprint density at radius 3 is 1.88 bits per heavy atom. The number of nitro groups is 1. The molecule has 0 saturated heterocycles. The van der Waals surface area contributed by atoms with Gasteiger partial charge in [-0.3, -0.25) is 15.0 Å². The molecule has 2 aromatic carbocycles. The maximum Gasteiger partial charge on any atom is 0.269 e. The van der Waals surface area contributed by atoms with Gasteiger partial charge in [-0.25, -0.2) is 22.0 Å². The number of aliphatic hydroxyl groups is 1. The van der Waals surface area contributed by atoms with Crippen LogP contribution in [0.2, 0.25) is 0 Å².